The van der Waals surface area contributed by atoms with Gasteiger partial charge in [0.2, 0.25) is 0 Å². The smallest absolute Gasteiger partial charge is 0.261 e. The fourth-order valence-electron chi connectivity index (χ4n) is 7.60. The lowest BCUT2D eigenvalue weighted by atomic mass is 9.93. The predicted molar refractivity (Wildman–Crippen MR) is 199 cm³/mol. The van der Waals surface area contributed by atoms with Crippen molar-refractivity contribution in [2.75, 3.05) is 19.0 Å². The highest BCUT2D eigenvalue weighted by Crippen LogP contribution is 2.42. The summed E-state index contributed by atoms with van der Waals surface area (Å²) in [6.45, 7) is 11.0. The van der Waals surface area contributed by atoms with Gasteiger partial charge in [-0.25, -0.2) is 8.42 Å². The summed E-state index contributed by atoms with van der Waals surface area (Å²) < 4.78 is 40.6. The Labute approximate surface area is 287 Å². The Morgan fingerprint density at radius 1 is 0.896 bits per heavy atom. The molecule has 2 atom stereocenters. The van der Waals surface area contributed by atoms with Crippen LogP contribution in [0.1, 0.15) is 55.9 Å². The summed E-state index contributed by atoms with van der Waals surface area (Å²) in [5.74, 6) is 0.333. The summed E-state index contributed by atoms with van der Waals surface area (Å²) in [7, 11) is -6.26. The molecule has 0 unspecified atom stereocenters. The fourth-order valence-corrected chi connectivity index (χ4v) is 14.1. The van der Waals surface area contributed by atoms with Gasteiger partial charge >= 0.3 is 0 Å². The van der Waals surface area contributed by atoms with Crippen molar-refractivity contribution < 1.29 is 22.7 Å². The van der Waals surface area contributed by atoms with E-state index in [0.717, 1.165) is 39.0 Å². The van der Waals surface area contributed by atoms with Crippen molar-refractivity contribution in [2.24, 2.45) is 0 Å². The van der Waals surface area contributed by atoms with Gasteiger partial charge in [-0.05, 0) is 93.2 Å². The minimum Gasteiger partial charge on any atom is -0.507 e. The minimum atomic E-state index is -3.39. The molecule has 2 aliphatic heterocycles. The van der Waals surface area contributed by atoms with Gasteiger partial charge in [-0.3, -0.25) is 0 Å². The molecule has 1 saturated heterocycles. The second-order valence-corrected chi connectivity index (χ2v) is 20.7. The standard InChI is InChI=1S/C41H46O5SSi/c1-29-23-31(24-30(2)40(29)42)25-33(32-15-9-6-10-16-32)21-22-37-39-34(28-47(43,44)38(39)27-45-37)26-46-48(41(3,4)5,35-17-11-7-12-18-35)36-19-13-8-14-20-36/h6-20,23-25,37-38,42H,21-22,26-28H2,1-5H3/b33-25-/t37-,38+/m1/s1. The first-order valence-electron chi connectivity index (χ1n) is 16.8. The van der Waals surface area contributed by atoms with Crippen molar-refractivity contribution in [3.05, 3.63) is 137 Å². The van der Waals surface area contributed by atoms with Gasteiger partial charge in [-0.1, -0.05) is 118 Å². The Hall–Kier alpha value is -3.75. The Morgan fingerprint density at radius 2 is 1.44 bits per heavy atom. The normalized spacial score (nSPS) is 19.5. The molecule has 0 aliphatic carbocycles. The van der Waals surface area contributed by atoms with E-state index in [1.807, 2.05) is 56.3 Å². The number of rotatable bonds is 10. The van der Waals surface area contributed by atoms with E-state index in [0.29, 0.717) is 18.6 Å². The lowest BCUT2D eigenvalue weighted by Gasteiger charge is -2.43. The summed E-state index contributed by atoms with van der Waals surface area (Å²) in [5, 5.41) is 11.9. The van der Waals surface area contributed by atoms with Crippen molar-refractivity contribution in [1.29, 1.82) is 0 Å². The largest absolute Gasteiger partial charge is 0.507 e. The lowest BCUT2D eigenvalue weighted by molar-refractivity contribution is 0.118. The molecule has 5 nitrogen and oxygen atoms in total. The van der Waals surface area contributed by atoms with E-state index in [9.17, 15) is 13.5 Å². The highest BCUT2D eigenvalue weighted by molar-refractivity contribution is 7.92. The van der Waals surface area contributed by atoms with Gasteiger partial charge in [0.25, 0.3) is 8.32 Å². The monoisotopic (exact) mass is 678 g/mol. The van der Waals surface area contributed by atoms with Crippen LogP contribution in [0.5, 0.6) is 5.75 Å². The van der Waals surface area contributed by atoms with Crippen molar-refractivity contribution >= 4 is 40.2 Å². The van der Waals surface area contributed by atoms with E-state index in [1.54, 1.807) is 0 Å². The maximum Gasteiger partial charge on any atom is 0.261 e. The number of allylic oxidation sites excluding steroid dienone is 1. The summed E-state index contributed by atoms with van der Waals surface area (Å²) in [6.07, 6.45) is 3.22. The number of aromatic hydroxyl groups is 1. The molecule has 0 bridgehead atoms. The highest BCUT2D eigenvalue weighted by atomic mass is 32.2. The van der Waals surface area contributed by atoms with Gasteiger partial charge in [-0.15, -0.1) is 0 Å². The van der Waals surface area contributed by atoms with Crippen molar-refractivity contribution in [1.82, 2.24) is 0 Å². The van der Waals surface area contributed by atoms with Crippen molar-refractivity contribution in [3.8, 4) is 5.75 Å². The number of hydrogen-bond donors (Lipinski definition) is 1. The molecule has 1 fully saturated rings. The first-order chi connectivity index (χ1) is 22.9. The molecule has 0 radical (unpaired) electrons. The van der Waals surface area contributed by atoms with E-state index in [-0.39, 0.29) is 30.1 Å². The highest BCUT2D eigenvalue weighted by Gasteiger charge is 2.52. The molecule has 0 amide bonds. The van der Waals surface area contributed by atoms with Crippen LogP contribution in [-0.4, -0.2) is 52.2 Å². The molecule has 7 heteroatoms. The number of ether oxygens (including phenoxy) is 1. The number of aryl methyl sites for hydroxylation is 2. The van der Waals surface area contributed by atoms with Crippen LogP contribution >= 0.6 is 0 Å². The zero-order valence-corrected chi connectivity index (χ0v) is 30.4. The molecular formula is C41H46O5SSi. The second-order valence-electron chi connectivity index (χ2n) is 14.2. The molecule has 2 heterocycles. The third-order valence-electron chi connectivity index (χ3n) is 9.91. The second kappa shape index (κ2) is 13.6. The van der Waals surface area contributed by atoms with Gasteiger partial charge in [0, 0.05) is 0 Å². The number of sulfone groups is 1. The average molecular weight is 679 g/mol. The molecule has 0 aromatic heterocycles. The van der Waals surface area contributed by atoms with E-state index < -0.39 is 23.4 Å². The fraction of sp³-hybridized carbons (Fsp3) is 0.317. The van der Waals surface area contributed by atoms with Crippen molar-refractivity contribution in [2.45, 2.75) is 63.9 Å². The van der Waals surface area contributed by atoms with Crippen LogP contribution in [0.25, 0.3) is 11.6 Å². The minimum absolute atomic E-state index is 0.0124. The maximum atomic E-state index is 13.6. The number of phenolic OH excluding ortho intramolecular Hbond substituents is 1. The predicted octanol–water partition coefficient (Wildman–Crippen LogP) is 7.40. The third-order valence-corrected chi connectivity index (χ3v) is 16.9. The summed E-state index contributed by atoms with van der Waals surface area (Å²) in [5.41, 5.74) is 6.69. The molecule has 0 saturated carbocycles. The Bertz CT molecular complexity index is 1860. The summed E-state index contributed by atoms with van der Waals surface area (Å²) in [4.78, 5) is 0. The van der Waals surface area contributed by atoms with E-state index in [2.05, 4.69) is 87.5 Å². The van der Waals surface area contributed by atoms with Crippen molar-refractivity contribution in [3.63, 3.8) is 0 Å². The van der Waals surface area contributed by atoms with Crippen LogP contribution in [0.3, 0.4) is 0 Å². The van der Waals surface area contributed by atoms with Gasteiger partial charge in [0.05, 0.1) is 25.1 Å². The lowest BCUT2D eigenvalue weighted by Crippen LogP contribution is -2.66. The Balaban J connectivity index is 1.34. The number of phenols is 1. The van der Waals surface area contributed by atoms with Crippen LogP contribution in [0.2, 0.25) is 5.04 Å². The zero-order chi connectivity index (χ0) is 34.1. The molecule has 4 aromatic rings. The molecule has 4 aromatic carbocycles. The Morgan fingerprint density at radius 3 is 1.98 bits per heavy atom. The zero-order valence-electron chi connectivity index (χ0n) is 28.6. The number of fused-ring (bicyclic) bond motifs is 1. The molecule has 1 N–H and O–H groups in total. The summed E-state index contributed by atoms with van der Waals surface area (Å²) >= 11 is 0. The topological polar surface area (TPSA) is 72.8 Å². The van der Waals surface area contributed by atoms with Crippen LogP contribution < -0.4 is 10.4 Å². The molecule has 250 valence electrons. The SMILES string of the molecule is Cc1cc(/C=C(/CC[C@H]2OC[C@H]3C2=C(CO[Si](c2ccccc2)(c2ccccc2)C(C)(C)C)CS3(=O)=O)c2ccccc2)cc(C)c1O. The van der Waals surface area contributed by atoms with Gasteiger partial charge < -0.3 is 14.3 Å². The molecule has 0 spiro atoms. The molecular weight excluding hydrogens is 633 g/mol. The first-order valence-corrected chi connectivity index (χ1v) is 20.4. The van der Waals surface area contributed by atoms with Crippen LogP contribution in [-0.2, 0) is 19.0 Å². The first kappa shape index (κ1) is 34.1. The van der Waals surface area contributed by atoms with Crippen LogP contribution in [0, 0.1) is 13.8 Å². The van der Waals surface area contributed by atoms with Crippen LogP contribution in [0.15, 0.2) is 114 Å². The van der Waals surface area contributed by atoms with E-state index in [4.69, 9.17) is 9.16 Å². The number of benzene rings is 4. The van der Waals surface area contributed by atoms with Gasteiger partial charge in [-0.2, -0.15) is 0 Å². The molecule has 6 rings (SSSR count). The average Bonchev–Trinajstić information content (AvgIpc) is 3.61. The molecule has 2 aliphatic rings. The van der Waals surface area contributed by atoms with E-state index >= 15 is 0 Å². The third kappa shape index (κ3) is 6.61. The molecule has 48 heavy (non-hydrogen) atoms. The maximum absolute atomic E-state index is 13.6. The Kier molecular flexibility index (Phi) is 9.69. The summed E-state index contributed by atoms with van der Waals surface area (Å²) in [6, 6.07) is 35.2. The van der Waals surface area contributed by atoms with E-state index in [1.165, 1.54) is 10.4 Å². The van der Waals surface area contributed by atoms with Gasteiger partial charge in [0.15, 0.2) is 9.84 Å². The van der Waals surface area contributed by atoms with Crippen LogP contribution in [0.4, 0.5) is 0 Å². The number of hydrogen-bond acceptors (Lipinski definition) is 5. The quantitative estimate of drug-likeness (QED) is 0.108. The van der Waals surface area contributed by atoms with Gasteiger partial charge in [0.1, 0.15) is 11.0 Å².